The zero-order valence-electron chi connectivity index (χ0n) is 9.54. The van der Waals surface area contributed by atoms with Gasteiger partial charge in [-0.2, -0.15) is 0 Å². The predicted molar refractivity (Wildman–Crippen MR) is 72.4 cm³/mol. The van der Waals surface area contributed by atoms with Crippen LogP contribution in [0.3, 0.4) is 0 Å². The van der Waals surface area contributed by atoms with Crippen molar-refractivity contribution in [1.82, 2.24) is 5.32 Å². The molecule has 0 radical (unpaired) electrons. The monoisotopic (exact) mass is 351 g/mol. The molecular formula is C12H15FINO2. The molecule has 0 bridgehead atoms. The van der Waals surface area contributed by atoms with Crippen LogP contribution in [-0.2, 0) is 0 Å². The van der Waals surface area contributed by atoms with Gasteiger partial charge in [0, 0.05) is 16.2 Å². The van der Waals surface area contributed by atoms with Gasteiger partial charge in [0.15, 0.2) is 0 Å². The van der Waals surface area contributed by atoms with Crippen molar-refractivity contribution in [3.63, 3.8) is 0 Å². The minimum atomic E-state index is -0.353. The number of hydrogen-bond donors (Lipinski definition) is 2. The molecule has 0 aliphatic heterocycles. The van der Waals surface area contributed by atoms with Crippen LogP contribution in [0.2, 0.25) is 0 Å². The van der Waals surface area contributed by atoms with Gasteiger partial charge < -0.3 is 10.4 Å². The van der Waals surface area contributed by atoms with Gasteiger partial charge in [-0.3, -0.25) is 4.79 Å². The average molecular weight is 351 g/mol. The smallest absolute Gasteiger partial charge is 0.252 e. The summed E-state index contributed by atoms with van der Waals surface area (Å²) in [5.41, 5.74) is 0.461. The number of benzene rings is 1. The quantitative estimate of drug-likeness (QED) is 0.800. The van der Waals surface area contributed by atoms with Crippen molar-refractivity contribution < 1.29 is 14.3 Å². The van der Waals surface area contributed by atoms with Crippen LogP contribution in [0, 0.1) is 9.39 Å². The third-order valence-corrected chi connectivity index (χ3v) is 3.37. The molecule has 0 saturated heterocycles. The molecule has 1 atom stereocenters. The Hall–Kier alpha value is -0.690. The van der Waals surface area contributed by atoms with Gasteiger partial charge in [-0.05, 0) is 53.6 Å². The highest BCUT2D eigenvalue weighted by Crippen LogP contribution is 2.14. The average Bonchev–Trinajstić information content (AvgIpc) is 2.28. The first-order valence-corrected chi connectivity index (χ1v) is 6.53. The fraction of sp³-hybridized carbons (Fsp3) is 0.417. The second kappa shape index (κ2) is 6.90. The molecule has 0 fully saturated rings. The molecule has 0 spiro atoms. The topological polar surface area (TPSA) is 49.3 Å². The molecule has 1 aromatic rings. The second-order valence-corrected chi connectivity index (χ2v) is 4.88. The number of amides is 1. The van der Waals surface area contributed by atoms with Crippen molar-refractivity contribution in [3.8, 4) is 0 Å². The molecule has 0 aromatic heterocycles. The predicted octanol–water partition coefficient (Wildman–Crippen LogP) is 2.32. The molecule has 1 unspecified atom stereocenters. The van der Waals surface area contributed by atoms with Gasteiger partial charge in [0.05, 0.1) is 5.56 Å². The molecule has 3 nitrogen and oxygen atoms in total. The highest BCUT2D eigenvalue weighted by Gasteiger charge is 2.14. The van der Waals surface area contributed by atoms with Gasteiger partial charge in [-0.15, -0.1) is 0 Å². The molecule has 2 N–H and O–H groups in total. The first-order chi connectivity index (χ1) is 8.08. The van der Waals surface area contributed by atoms with Crippen molar-refractivity contribution in [3.05, 3.63) is 33.1 Å². The van der Waals surface area contributed by atoms with Crippen molar-refractivity contribution in [1.29, 1.82) is 0 Å². The van der Waals surface area contributed by atoms with Crippen LogP contribution < -0.4 is 5.32 Å². The minimum absolute atomic E-state index is 0.0410. The van der Waals surface area contributed by atoms with Gasteiger partial charge in [0.1, 0.15) is 5.82 Å². The first kappa shape index (κ1) is 14.4. The summed E-state index contributed by atoms with van der Waals surface area (Å²) in [5, 5.41) is 11.7. The summed E-state index contributed by atoms with van der Waals surface area (Å²) >= 11 is 1.93. The van der Waals surface area contributed by atoms with Gasteiger partial charge >= 0.3 is 0 Å². The van der Waals surface area contributed by atoms with E-state index in [0.717, 1.165) is 6.42 Å². The summed E-state index contributed by atoms with van der Waals surface area (Å²) in [4.78, 5) is 11.9. The Morgan fingerprint density at radius 1 is 1.59 bits per heavy atom. The van der Waals surface area contributed by atoms with E-state index < -0.39 is 0 Å². The fourth-order valence-electron chi connectivity index (χ4n) is 1.47. The molecule has 1 rings (SSSR count). The van der Waals surface area contributed by atoms with Crippen LogP contribution in [0.1, 0.15) is 30.1 Å². The summed E-state index contributed by atoms with van der Waals surface area (Å²) in [5.74, 6) is -0.581. The Balaban J connectivity index is 2.75. The number of aliphatic hydroxyl groups excluding tert-OH is 1. The van der Waals surface area contributed by atoms with E-state index in [1.54, 1.807) is 0 Å². The number of halogens is 2. The standard InChI is InChI=1S/C12H15FINO2/c1-2-9(5-6-16)15-12(17)10-4-3-8(13)7-11(10)14/h3-4,7,9,16H,2,5-6H2,1H3,(H,15,17). The zero-order valence-corrected chi connectivity index (χ0v) is 11.7. The molecule has 0 saturated carbocycles. The number of rotatable bonds is 5. The summed E-state index contributed by atoms with van der Waals surface area (Å²) in [7, 11) is 0. The van der Waals surface area contributed by atoms with Gasteiger partial charge in [0.2, 0.25) is 0 Å². The van der Waals surface area contributed by atoms with Crippen molar-refractivity contribution in [2.45, 2.75) is 25.8 Å². The Kier molecular flexibility index (Phi) is 5.84. The van der Waals surface area contributed by atoms with E-state index in [4.69, 9.17) is 5.11 Å². The van der Waals surface area contributed by atoms with Crippen LogP contribution >= 0.6 is 22.6 Å². The third kappa shape index (κ3) is 4.23. The van der Waals surface area contributed by atoms with E-state index >= 15 is 0 Å². The van der Waals surface area contributed by atoms with E-state index in [9.17, 15) is 9.18 Å². The highest BCUT2D eigenvalue weighted by molar-refractivity contribution is 14.1. The maximum absolute atomic E-state index is 12.9. The normalized spacial score (nSPS) is 12.2. The van der Waals surface area contributed by atoms with Crippen molar-refractivity contribution in [2.24, 2.45) is 0 Å². The number of carbonyl (C=O) groups excluding carboxylic acids is 1. The van der Waals surface area contributed by atoms with E-state index in [1.807, 2.05) is 29.5 Å². The van der Waals surface area contributed by atoms with Crippen LogP contribution in [0.25, 0.3) is 0 Å². The minimum Gasteiger partial charge on any atom is -0.396 e. The summed E-state index contributed by atoms with van der Waals surface area (Å²) < 4.78 is 13.5. The molecule has 0 heterocycles. The largest absolute Gasteiger partial charge is 0.396 e. The van der Waals surface area contributed by atoms with Crippen molar-refractivity contribution in [2.75, 3.05) is 6.61 Å². The molecule has 17 heavy (non-hydrogen) atoms. The van der Waals surface area contributed by atoms with Gasteiger partial charge in [0.25, 0.3) is 5.91 Å². The number of nitrogens with one attached hydrogen (secondary N) is 1. The summed E-state index contributed by atoms with van der Waals surface area (Å²) in [6, 6.07) is 4.01. The fourth-order valence-corrected chi connectivity index (χ4v) is 2.19. The Morgan fingerprint density at radius 3 is 2.82 bits per heavy atom. The lowest BCUT2D eigenvalue weighted by Crippen LogP contribution is -2.35. The first-order valence-electron chi connectivity index (χ1n) is 5.45. The van der Waals surface area contributed by atoms with Gasteiger partial charge in [-0.25, -0.2) is 4.39 Å². The van der Waals surface area contributed by atoms with Crippen molar-refractivity contribution >= 4 is 28.5 Å². The molecular weight excluding hydrogens is 336 g/mol. The number of carbonyl (C=O) groups is 1. The number of hydrogen-bond acceptors (Lipinski definition) is 2. The molecule has 0 aliphatic carbocycles. The lowest BCUT2D eigenvalue weighted by Gasteiger charge is -2.16. The van der Waals surface area contributed by atoms with E-state index in [0.29, 0.717) is 15.6 Å². The second-order valence-electron chi connectivity index (χ2n) is 3.72. The lowest BCUT2D eigenvalue weighted by atomic mass is 10.1. The molecule has 1 aromatic carbocycles. The molecule has 0 aliphatic rings. The highest BCUT2D eigenvalue weighted by atomic mass is 127. The van der Waals surface area contributed by atoms with Crippen LogP contribution in [-0.4, -0.2) is 23.7 Å². The van der Waals surface area contributed by atoms with Crippen LogP contribution in [0.5, 0.6) is 0 Å². The van der Waals surface area contributed by atoms with Crippen LogP contribution in [0.15, 0.2) is 18.2 Å². The van der Waals surface area contributed by atoms with E-state index in [1.165, 1.54) is 18.2 Å². The molecule has 1 amide bonds. The molecule has 94 valence electrons. The van der Waals surface area contributed by atoms with Crippen LogP contribution in [0.4, 0.5) is 4.39 Å². The molecule has 5 heteroatoms. The third-order valence-electron chi connectivity index (χ3n) is 2.48. The summed E-state index contributed by atoms with van der Waals surface area (Å²) in [6.45, 7) is 1.98. The van der Waals surface area contributed by atoms with Gasteiger partial charge in [-0.1, -0.05) is 6.92 Å². The van der Waals surface area contributed by atoms with E-state index in [2.05, 4.69) is 5.32 Å². The summed E-state index contributed by atoms with van der Waals surface area (Å²) in [6.07, 6.45) is 1.28. The Morgan fingerprint density at radius 2 is 2.29 bits per heavy atom. The number of aliphatic hydroxyl groups is 1. The zero-order chi connectivity index (χ0) is 12.8. The maximum atomic E-state index is 12.9. The maximum Gasteiger partial charge on any atom is 0.252 e. The SMILES string of the molecule is CCC(CCO)NC(=O)c1ccc(F)cc1I. The van der Waals surface area contributed by atoms with E-state index in [-0.39, 0.29) is 24.4 Å². The Labute approximate surface area is 114 Å². The lowest BCUT2D eigenvalue weighted by molar-refractivity contribution is 0.0928. The Bertz CT molecular complexity index is 398.